The van der Waals surface area contributed by atoms with Crippen LogP contribution in [0.2, 0.25) is 0 Å². The minimum absolute atomic E-state index is 0.106. The van der Waals surface area contributed by atoms with Crippen molar-refractivity contribution in [3.63, 3.8) is 0 Å². The lowest BCUT2D eigenvalue weighted by Gasteiger charge is -2.08. The number of benzene rings is 1. The van der Waals surface area contributed by atoms with Gasteiger partial charge in [-0.15, -0.1) is 13.2 Å². The normalized spacial score (nSPS) is 11.3. The van der Waals surface area contributed by atoms with Crippen LogP contribution in [-0.4, -0.2) is 27.4 Å². The van der Waals surface area contributed by atoms with Crippen molar-refractivity contribution < 1.29 is 27.8 Å². The van der Waals surface area contributed by atoms with Crippen molar-refractivity contribution >= 4 is 5.97 Å². The number of alkyl halides is 3. The lowest BCUT2D eigenvalue weighted by Crippen LogP contribution is -2.16. The van der Waals surface area contributed by atoms with Crippen LogP contribution in [0, 0.1) is 0 Å². The zero-order valence-electron chi connectivity index (χ0n) is 9.23. The molecule has 0 aliphatic heterocycles. The topological polar surface area (TPSA) is 75.2 Å². The Morgan fingerprint density at radius 1 is 1.26 bits per heavy atom. The van der Waals surface area contributed by atoms with Gasteiger partial charge in [-0.05, 0) is 24.3 Å². The number of nitrogens with zero attached hydrogens (tertiary/aromatic N) is 1. The Bertz CT molecular complexity index is 590. The van der Waals surface area contributed by atoms with Crippen LogP contribution in [-0.2, 0) is 0 Å². The SMILES string of the molecule is O=C(O)c1cnc(-c2ccc(OC(F)(F)F)cc2)[nH]1. The van der Waals surface area contributed by atoms with Crippen molar-refractivity contribution in [3.05, 3.63) is 36.2 Å². The van der Waals surface area contributed by atoms with Crippen LogP contribution >= 0.6 is 0 Å². The molecule has 2 rings (SSSR count). The van der Waals surface area contributed by atoms with Crippen LogP contribution in [0.15, 0.2) is 30.5 Å². The van der Waals surface area contributed by atoms with E-state index in [9.17, 15) is 18.0 Å². The third kappa shape index (κ3) is 3.24. The first-order valence-corrected chi connectivity index (χ1v) is 4.99. The molecule has 1 heterocycles. The van der Waals surface area contributed by atoms with Gasteiger partial charge in [-0.3, -0.25) is 0 Å². The summed E-state index contributed by atoms with van der Waals surface area (Å²) in [7, 11) is 0. The maximum Gasteiger partial charge on any atom is 0.573 e. The van der Waals surface area contributed by atoms with Crippen LogP contribution in [0.3, 0.4) is 0 Å². The number of carbonyl (C=O) groups is 1. The van der Waals surface area contributed by atoms with Crippen molar-refractivity contribution in [2.24, 2.45) is 0 Å². The summed E-state index contributed by atoms with van der Waals surface area (Å²) < 4.78 is 39.6. The number of carboxylic acid groups (broad SMARTS) is 1. The molecule has 0 saturated heterocycles. The predicted octanol–water partition coefficient (Wildman–Crippen LogP) is 2.67. The lowest BCUT2D eigenvalue weighted by molar-refractivity contribution is -0.274. The van der Waals surface area contributed by atoms with E-state index in [0.717, 1.165) is 18.3 Å². The highest BCUT2D eigenvalue weighted by Crippen LogP contribution is 2.25. The number of aromatic carboxylic acids is 1. The average Bonchev–Trinajstić information content (AvgIpc) is 2.77. The molecule has 0 aliphatic rings. The maximum absolute atomic E-state index is 12.0. The Kier molecular flexibility index (Phi) is 3.16. The van der Waals surface area contributed by atoms with Gasteiger partial charge in [0, 0.05) is 5.56 Å². The van der Waals surface area contributed by atoms with E-state index in [4.69, 9.17) is 5.11 Å². The van der Waals surface area contributed by atoms with Crippen molar-refractivity contribution in [2.45, 2.75) is 6.36 Å². The molecule has 0 saturated carbocycles. The number of imidazole rings is 1. The van der Waals surface area contributed by atoms with E-state index >= 15 is 0 Å². The first-order valence-electron chi connectivity index (χ1n) is 4.99. The number of hydrogen-bond acceptors (Lipinski definition) is 3. The molecule has 0 radical (unpaired) electrons. The monoisotopic (exact) mass is 272 g/mol. The summed E-state index contributed by atoms with van der Waals surface area (Å²) in [6.45, 7) is 0. The summed E-state index contributed by atoms with van der Waals surface area (Å²) >= 11 is 0. The largest absolute Gasteiger partial charge is 0.573 e. The van der Waals surface area contributed by atoms with E-state index in [-0.39, 0.29) is 17.3 Å². The van der Waals surface area contributed by atoms with Gasteiger partial charge < -0.3 is 14.8 Å². The predicted molar refractivity (Wildman–Crippen MR) is 57.7 cm³/mol. The summed E-state index contributed by atoms with van der Waals surface area (Å²) in [5.74, 6) is -1.28. The molecule has 8 heteroatoms. The van der Waals surface area contributed by atoms with E-state index in [0.29, 0.717) is 5.56 Å². The summed E-state index contributed by atoms with van der Waals surface area (Å²) in [6.07, 6.45) is -3.62. The van der Waals surface area contributed by atoms with E-state index in [1.54, 1.807) is 0 Å². The molecule has 2 aromatic rings. The number of halogens is 3. The number of aromatic amines is 1. The number of H-pyrrole nitrogens is 1. The molecule has 100 valence electrons. The number of aromatic nitrogens is 2. The molecule has 0 amide bonds. The minimum Gasteiger partial charge on any atom is -0.477 e. The number of carboxylic acids is 1. The number of nitrogens with one attached hydrogen (secondary N) is 1. The second-order valence-corrected chi connectivity index (χ2v) is 3.52. The van der Waals surface area contributed by atoms with Gasteiger partial charge >= 0.3 is 12.3 Å². The van der Waals surface area contributed by atoms with Crippen LogP contribution in [0.1, 0.15) is 10.5 Å². The van der Waals surface area contributed by atoms with Crippen LogP contribution in [0.4, 0.5) is 13.2 Å². The third-order valence-electron chi connectivity index (χ3n) is 2.17. The van der Waals surface area contributed by atoms with Gasteiger partial charge in [0.1, 0.15) is 17.3 Å². The van der Waals surface area contributed by atoms with Crippen molar-refractivity contribution in [3.8, 4) is 17.1 Å². The van der Waals surface area contributed by atoms with E-state index in [1.807, 2.05) is 0 Å². The summed E-state index contributed by atoms with van der Waals surface area (Å²) in [4.78, 5) is 17.0. The van der Waals surface area contributed by atoms with Gasteiger partial charge in [0.05, 0.1) is 6.20 Å². The smallest absolute Gasteiger partial charge is 0.477 e. The summed E-state index contributed by atoms with van der Waals surface area (Å²) in [6, 6.07) is 4.91. The quantitative estimate of drug-likeness (QED) is 0.900. The highest BCUT2D eigenvalue weighted by molar-refractivity contribution is 5.85. The molecular formula is C11H7F3N2O3. The highest BCUT2D eigenvalue weighted by atomic mass is 19.4. The first kappa shape index (κ1) is 12.9. The van der Waals surface area contributed by atoms with E-state index in [1.165, 1.54) is 12.1 Å². The first-order chi connectivity index (χ1) is 8.85. The molecule has 0 bridgehead atoms. The molecule has 2 N–H and O–H groups in total. The molecule has 19 heavy (non-hydrogen) atoms. The molecule has 0 spiro atoms. The standard InChI is InChI=1S/C11H7F3N2O3/c12-11(13,14)19-7-3-1-6(2-4-7)9-15-5-8(16-9)10(17)18/h1-5H,(H,15,16)(H,17,18). The average molecular weight is 272 g/mol. The van der Waals surface area contributed by atoms with Gasteiger partial charge in [-0.1, -0.05) is 0 Å². The van der Waals surface area contributed by atoms with E-state index < -0.39 is 12.3 Å². The Labute approximate surface area is 104 Å². The molecule has 0 fully saturated rings. The maximum atomic E-state index is 12.0. The molecule has 1 aromatic carbocycles. The summed E-state index contributed by atoms with van der Waals surface area (Å²) in [5, 5.41) is 8.70. The summed E-state index contributed by atoms with van der Waals surface area (Å²) in [5.41, 5.74) is 0.340. The van der Waals surface area contributed by atoms with Crippen molar-refractivity contribution in [1.82, 2.24) is 9.97 Å². The van der Waals surface area contributed by atoms with Crippen LogP contribution in [0.25, 0.3) is 11.4 Å². The van der Waals surface area contributed by atoms with E-state index in [2.05, 4.69) is 14.7 Å². The fraction of sp³-hybridized carbons (Fsp3) is 0.0909. The van der Waals surface area contributed by atoms with Gasteiger partial charge in [0.25, 0.3) is 0 Å². The Morgan fingerprint density at radius 2 is 1.89 bits per heavy atom. The molecule has 0 atom stereocenters. The molecule has 5 nitrogen and oxygen atoms in total. The Hall–Kier alpha value is -2.51. The second-order valence-electron chi connectivity index (χ2n) is 3.52. The zero-order valence-corrected chi connectivity index (χ0v) is 9.23. The highest BCUT2D eigenvalue weighted by Gasteiger charge is 2.30. The lowest BCUT2D eigenvalue weighted by atomic mass is 10.2. The van der Waals surface area contributed by atoms with Gasteiger partial charge in [-0.25, -0.2) is 9.78 Å². The van der Waals surface area contributed by atoms with Crippen molar-refractivity contribution in [1.29, 1.82) is 0 Å². The fourth-order valence-corrected chi connectivity index (χ4v) is 1.39. The Morgan fingerprint density at radius 3 is 2.37 bits per heavy atom. The molecule has 0 unspecified atom stereocenters. The molecule has 0 aliphatic carbocycles. The number of rotatable bonds is 3. The van der Waals surface area contributed by atoms with Crippen LogP contribution in [0.5, 0.6) is 5.75 Å². The van der Waals surface area contributed by atoms with Gasteiger partial charge in [0.15, 0.2) is 0 Å². The fourth-order valence-electron chi connectivity index (χ4n) is 1.39. The second kappa shape index (κ2) is 4.63. The molecular weight excluding hydrogens is 265 g/mol. The molecule has 1 aromatic heterocycles. The van der Waals surface area contributed by atoms with Crippen molar-refractivity contribution in [2.75, 3.05) is 0 Å². The number of hydrogen-bond donors (Lipinski definition) is 2. The van der Waals surface area contributed by atoms with Crippen LogP contribution < -0.4 is 4.74 Å². The minimum atomic E-state index is -4.75. The third-order valence-corrected chi connectivity index (χ3v) is 2.17. The van der Waals surface area contributed by atoms with Gasteiger partial charge in [0.2, 0.25) is 0 Å². The zero-order chi connectivity index (χ0) is 14.0. The van der Waals surface area contributed by atoms with Gasteiger partial charge in [-0.2, -0.15) is 0 Å². The number of ether oxygens (including phenoxy) is 1. The Balaban J connectivity index is 2.20.